The van der Waals surface area contributed by atoms with Gasteiger partial charge in [-0.3, -0.25) is 0 Å². The smallest absolute Gasteiger partial charge is 0.744 e. The molecule has 2 aromatic rings. The summed E-state index contributed by atoms with van der Waals surface area (Å²) < 4.78 is 33.1. The number of hydrogen-bond donors (Lipinski definition) is 0. The Balaban J connectivity index is 0.000000980. The van der Waals surface area contributed by atoms with Crippen LogP contribution in [0.1, 0.15) is 0 Å². The van der Waals surface area contributed by atoms with Crippen molar-refractivity contribution in [3.63, 3.8) is 0 Å². The number of rotatable bonds is 1. The van der Waals surface area contributed by atoms with E-state index in [2.05, 4.69) is 0 Å². The molecule has 0 saturated carbocycles. The van der Waals surface area contributed by atoms with Crippen LogP contribution >= 0.6 is 11.3 Å². The van der Waals surface area contributed by atoms with Crippen molar-refractivity contribution in [2.45, 2.75) is 4.90 Å². The molecule has 3 nitrogen and oxygen atoms in total. The molecule has 0 amide bonds. The van der Waals surface area contributed by atoms with Crippen LogP contribution in [0.2, 0.25) is 0 Å². The maximum atomic E-state index is 10.8. The minimum Gasteiger partial charge on any atom is -0.744 e. The van der Waals surface area contributed by atoms with Crippen molar-refractivity contribution < 1.29 is 64.4 Å². The molecule has 0 aliphatic carbocycles. The van der Waals surface area contributed by atoms with Gasteiger partial charge in [-0.15, -0.1) is 11.3 Å². The first-order chi connectivity index (χ1) is 6.09. The van der Waals surface area contributed by atoms with Crippen molar-refractivity contribution in [3.8, 4) is 0 Å². The third-order valence-electron chi connectivity index (χ3n) is 1.71. The van der Waals surface area contributed by atoms with Crippen LogP contribution in [0, 0.1) is 0 Å². The van der Waals surface area contributed by atoms with Crippen LogP contribution in [0.3, 0.4) is 0 Å². The van der Waals surface area contributed by atoms with Gasteiger partial charge in [0.15, 0.2) is 0 Å². The van der Waals surface area contributed by atoms with Crippen molar-refractivity contribution in [2.75, 3.05) is 0 Å². The minimum atomic E-state index is -4.33. The summed E-state index contributed by atoms with van der Waals surface area (Å²) in [5, 5.41) is 1.90. The monoisotopic (exact) mass is 252 g/mol. The van der Waals surface area contributed by atoms with Gasteiger partial charge >= 0.3 is 51.4 Å². The van der Waals surface area contributed by atoms with Crippen LogP contribution in [0.15, 0.2) is 34.5 Å². The maximum Gasteiger partial charge on any atom is 1.00 e. The zero-order valence-electron chi connectivity index (χ0n) is 7.43. The second-order valence-corrected chi connectivity index (χ2v) is 4.81. The Labute approximate surface area is 128 Å². The molecule has 1 aromatic carbocycles. The maximum absolute atomic E-state index is 10.8. The first-order valence-electron chi connectivity index (χ1n) is 3.51. The Bertz CT molecular complexity index is 544. The van der Waals surface area contributed by atoms with Gasteiger partial charge in [0.2, 0.25) is 0 Å². The molecule has 0 N–H and O–H groups in total. The van der Waals surface area contributed by atoms with Gasteiger partial charge in [0.1, 0.15) is 10.1 Å². The van der Waals surface area contributed by atoms with Crippen molar-refractivity contribution in [1.82, 2.24) is 0 Å². The van der Waals surface area contributed by atoms with Crippen molar-refractivity contribution in [2.24, 2.45) is 0 Å². The zero-order valence-corrected chi connectivity index (χ0v) is 12.2. The second kappa shape index (κ2) is 4.71. The molecule has 0 radical (unpaired) electrons. The predicted molar refractivity (Wildman–Crippen MR) is 49.8 cm³/mol. The molecule has 0 atom stereocenters. The molecule has 68 valence electrons. The molecule has 0 aliphatic heterocycles. The molecule has 6 heteroatoms. The fraction of sp³-hybridized carbons (Fsp3) is 0. The number of thiophene rings is 1. The molecule has 0 aliphatic rings. The van der Waals surface area contributed by atoms with Crippen LogP contribution < -0.4 is 51.4 Å². The van der Waals surface area contributed by atoms with E-state index in [0.717, 1.165) is 4.70 Å². The summed E-state index contributed by atoms with van der Waals surface area (Å²) in [4.78, 5) is -0.117. The topological polar surface area (TPSA) is 57.2 Å². The summed E-state index contributed by atoms with van der Waals surface area (Å²) in [7, 11) is -4.33. The van der Waals surface area contributed by atoms with E-state index in [-0.39, 0.29) is 56.3 Å². The molecular weight excluding hydrogens is 247 g/mol. The van der Waals surface area contributed by atoms with Crippen LogP contribution in [0.4, 0.5) is 0 Å². The molecule has 0 fully saturated rings. The first-order valence-corrected chi connectivity index (χ1v) is 5.80. The third-order valence-corrected chi connectivity index (χ3v) is 3.70. The summed E-state index contributed by atoms with van der Waals surface area (Å²) in [6.07, 6.45) is 0. The van der Waals surface area contributed by atoms with Gasteiger partial charge in [0.05, 0.1) is 4.90 Å². The van der Waals surface area contributed by atoms with Gasteiger partial charge in [0, 0.05) is 15.5 Å². The molecule has 0 bridgehead atoms. The normalized spacial score (nSPS) is 11.2. The van der Waals surface area contributed by atoms with Crippen molar-refractivity contribution >= 4 is 31.5 Å². The van der Waals surface area contributed by atoms with Crippen molar-refractivity contribution in [1.29, 1.82) is 0 Å². The third kappa shape index (κ3) is 2.45. The van der Waals surface area contributed by atoms with E-state index >= 15 is 0 Å². The van der Waals surface area contributed by atoms with E-state index in [1.165, 1.54) is 16.7 Å². The van der Waals surface area contributed by atoms with Crippen molar-refractivity contribution in [3.05, 3.63) is 29.6 Å². The van der Waals surface area contributed by atoms with Crippen LogP contribution in [-0.2, 0) is 10.1 Å². The van der Waals surface area contributed by atoms with Crippen LogP contribution in [-0.4, -0.2) is 13.0 Å². The van der Waals surface area contributed by atoms with Crippen LogP contribution in [0.25, 0.3) is 10.1 Å². The SMILES string of the molecule is O=S(=O)([O-])c1csc2ccccc12.[K+]. The summed E-state index contributed by atoms with van der Waals surface area (Å²) in [6, 6.07) is 6.94. The van der Waals surface area contributed by atoms with E-state index in [1.807, 2.05) is 0 Å². The molecule has 0 unspecified atom stereocenters. The van der Waals surface area contributed by atoms with E-state index < -0.39 is 10.1 Å². The summed E-state index contributed by atoms with van der Waals surface area (Å²) >= 11 is 1.26. The fourth-order valence-electron chi connectivity index (χ4n) is 1.15. The molecule has 1 heterocycles. The fourth-order valence-corrected chi connectivity index (χ4v) is 3.10. The first kappa shape index (κ1) is 12.8. The van der Waals surface area contributed by atoms with E-state index in [4.69, 9.17) is 0 Å². The Morgan fingerprint density at radius 1 is 1.21 bits per heavy atom. The Kier molecular flexibility index (Phi) is 4.30. The predicted octanol–water partition coefficient (Wildman–Crippen LogP) is -1.19. The average Bonchev–Trinajstić information content (AvgIpc) is 2.45. The average molecular weight is 252 g/mol. The van der Waals surface area contributed by atoms with Gasteiger partial charge in [-0.1, -0.05) is 18.2 Å². The van der Waals surface area contributed by atoms with E-state index in [0.29, 0.717) is 5.39 Å². The summed E-state index contributed by atoms with van der Waals surface area (Å²) in [5.41, 5.74) is 0. The Hall–Kier alpha value is 0.726. The summed E-state index contributed by atoms with van der Waals surface area (Å²) in [5.74, 6) is 0. The number of benzene rings is 1. The standard InChI is InChI=1S/C8H6O3S2.K/c9-13(10,11)8-5-12-7-4-2-1-3-6(7)8;/h1-5H,(H,9,10,11);/q;+1/p-1. The van der Waals surface area contributed by atoms with Gasteiger partial charge in [-0.25, -0.2) is 8.42 Å². The van der Waals surface area contributed by atoms with Gasteiger partial charge in [-0.2, -0.15) is 0 Å². The van der Waals surface area contributed by atoms with Gasteiger partial charge in [0.25, 0.3) is 0 Å². The van der Waals surface area contributed by atoms with Gasteiger partial charge in [-0.05, 0) is 6.07 Å². The largest absolute Gasteiger partial charge is 1.00 e. The molecular formula is C8H5KO3S2. The molecule has 0 saturated heterocycles. The second-order valence-electron chi connectivity index (χ2n) is 2.55. The number of hydrogen-bond acceptors (Lipinski definition) is 4. The molecule has 1 aromatic heterocycles. The van der Waals surface area contributed by atoms with Crippen LogP contribution in [0.5, 0.6) is 0 Å². The molecule has 14 heavy (non-hydrogen) atoms. The quantitative estimate of drug-likeness (QED) is 0.474. The molecule has 2 rings (SSSR count). The van der Waals surface area contributed by atoms with Gasteiger partial charge < -0.3 is 4.55 Å². The Morgan fingerprint density at radius 3 is 2.50 bits per heavy atom. The molecule has 0 spiro atoms. The number of fused-ring (bicyclic) bond motifs is 1. The minimum absolute atomic E-state index is 0. The zero-order chi connectivity index (χ0) is 9.47. The van der Waals surface area contributed by atoms with E-state index in [9.17, 15) is 13.0 Å². The summed E-state index contributed by atoms with van der Waals surface area (Å²) in [6.45, 7) is 0. The Morgan fingerprint density at radius 2 is 1.86 bits per heavy atom. The van der Waals surface area contributed by atoms with E-state index in [1.54, 1.807) is 24.3 Å².